The molecule has 17 heavy (non-hydrogen) atoms. The Morgan fingerprint density at radius 3 is 2.65 bits per heavy atom. The Morgan fingerprint density at radius 1 is 1.35 bits per heavy atom. The molecule has 2 rings (SSSR count). The molecular weight excluding hydrogens is 224 g/mol. The average Bonchev–Trinajstić information content (AvgIpc) is 2.59. The fourth-order valence-corrected chi connectivity index (χ4v) is 1.68. The monoisotopic (exact) mass is 234 g/mol. The zero-order valence-corrected chi connectivity index (χ0v) is 8.97. The molecule has 6 heteroatoms. The molecule has 0 aliphatic rings. The van der Waals surface area contributed by atoms with Crippen LogP contribution in [0.2, 0.25) is 0 Å². The van der Waals surface area contributed by atoms with Gasteiger partial charge in [0.1, 0.15) is 0 Å². The van der Waals surface area contributed by atoms with Crippen LogP contribution in [0.3, 0.4) is 0 Å². The van der Waals surface area contributed by atoms with Crippen molar-refractivity contribution in [3.05, 3.63) is 30.0 Å². The van der Waals surface area contributed by atoms with Crippen LogP contribution in [-0.4, -0.2) is 26.9 Å². The van der Waals surface area contributed by atoms with Gasteiger partial charge in [-0.15, -0.1) is 0 Å². The number of hydrogen-bond donors (Lipinski definition) is 3. The largest absolute Gasteiger partial charge is 0.478 e. The molecule has 1 heterocycles. The summed E-state index contributed by atoms with van der Waals surface area (Å²) < 4.78 is 0.813. The van der Waals surface area contributed by atoms with E-state index in [9.17, 15) is 14.8 Å². The first-order chi connectivity index (χ1) is 7.99. The molecule has 1 amide bonds. The van der Waals surface area contributed by atoms with E-state index >= 15 is 0 Å². The highest BCUT2D eigenvalue weighted by Gasteiger charge is 2.13. The van der Waals surface area contributed by atoms with Gasteiger partial charge in [0.15, 0.2) is 0 Å². The van der Waals surface area contributed by atoms with Crippen LogP contribution in [0.15, 0.2) is 24.4 Å². The number of amides is 1. The summed E-state index contributed by atoms with van der Waals surface area (Å²) in [6, 6.07) is 4.35. The molecule has 1 aromatic carbocycles. The second kappa shape index (κ2) is 3.82. The minimum Gasteiger partial charge on any atom is -0.478 e. The Labute approximate surface area is 96.0 Å². The number of rotatable bonds is 2. The van der Waals surface area contributed by atoms with E-state index in [4.69, 9.17) is 5.11 Å². The molecule has 88 valence electrons. The van der Waals surface area contributed by atoms with Crippen molar-refractivity contribution in [3.63, 3.8) is 0 Å². The lowest BCUT2D eigenvalue weighted by atomic mass is 10.1. The molecule has 0 saturated heterocycles. The first-order valence-corrected chi connectivity index (χ1v) is 4.84. The third-order valence-electron chi connectivity index (χ3n) is 2.34. The number of nitrogens with zero attached hydrogens (tertiary/aromatic N) is 1. The number of anilines is 1. The number of carboxylic acids is 1. The van der Waals surface area contributed by atoms with Crippen LogP contribution in [0.25, 0.3) is 10.9 Å². The SMILES string of the molecule is CC(=O)Nc1cc(C(=O)O)c2ccn(O)c2c1. The molecule has 6 nitrogen and oxygen atoms in total. The Balaban J connectivity index is 2.68. The zero-order valence-electron chi connectivity index (χ0n) is 8.97. The van der Waals surface area contributed by atoms with E-state index in [0.29, 0.717) is 16.6 Å². The fourth-order valence-electron chi connectivity index (χ4n) is 1.68. The summed E-state index contributed by atoms with van der Waals surface area (Å²) in [6.07, 6.45) is 1.34. The molecule has 0 saturated carbocycles. The third kappa shape index (κ3) is 1.92. The van der Waals surface area contributed by atoms with Crippen molar-refractivity contribution in [1.29, 1.82) is 0 Å². The maximum atomic E-state index is 11.1. The Morgan fingerprint density at radius 2 is 2.06 bits per heavy atom. The van der Waals surface area contributed by atoms with Gasteiger partial charge in [-0.05, 0) is 18.2 Å². The smallest absolute Gasteiger partial charge is 0.336 e. The van der Waals surface area contributed by atoms with Crippen LogP contribution in [0.5, 0.6) is 0 Å². The number of fused-ring (bicyclic) bond motifs is 1. The summed E-state index contributed by atoms with van der Waals surface area (Å²) >= 11 is 0. The van der Waals surface area contributed by atoms with Crippen LogP contribution in [0.1, 0.15) is 17.3 Å². The number of carbonyl (C=O) groups is 2. The van der Waals surface area contributed by atoms with Gasteiger partial charge >= 0.3 is 5.97 Å². The highest BCUT2D eigenvalue weighted by molar-refractivity contribution is 6.05. The molecule has 0 spiro atoms. The van der Waals surface area contributed by atoms with Crippen LogP contribution >= 0.6 is 0 Å². The average molecular weight is 234 g/mol. The highest BCUT2D eigenvalue weighted by atomic mass is 16.5. The van der Waals surface area contributed by atoms with Crippen molar-refractivity contribution < 1.29 is 19.9 Å². The lowest BCUT2D eigenvalue weighted by Crippen LogP contribution is -2.07. The quantitative estimate of drug-likeness (QED) is 0.687. The predicted molar refractivity (Wildman–Crippen MR) is 60.4 cm³/mol. The predicted octanol–water partition coefficient (Wildman–Crippen LogP) is 1.54. The van der Waals surface area contributed by atoms with Gasteiger partial charge in [0, 0.05) is 24.2 Å². The van der Waals surface area contributed by atoms with Crippen LogP contribution in [-0.2, 0) is 4.79 Å². The second-order valence-corrected chi connectivity index (χ2v) is 3.60. The maximum Gasteiger partial charge on any atom is 0.336 e. The number of nitrogens with one attached hydrogen (secondary N) is 1. The topological polar surface area (TPSA) is 91.6 Å². The van der Waals surface area contributed by atoms with Gasteiger partial charge in [0.2, 0.25) is 5.91 Å². The minimum atomic E-state index is -1.12. The van der Waals surface area contributed by atoms with Crippen LogP contribution in [0.4, 0.5) is 5.69 Å². The summed E-state index contributed by atoms with van der Waals surface area (Å²) in [5.41, 5.74) is 0.684. The summed E-state index contributed by atoms with van der Waals surface area (Å²) in [6.45, 7) is 1.32. The summed E-state index contributed by atoms with van der Waals surface area (Å²) in [7, 11) is 0. The van der Waals surface area contributed by atoms with Crippen molar-refractivity contribution >= 4 is 28.5 Å². The van der Waals surface area contributed by atoms with Gasteiger partial charge in [0.25, 0.3) is 0 Å². The molecular formula is C11H10N2O4. The van der Waals surface area contributed by atoms with Gasteiger partial charge in [-0.2, -0.15) is 4.73 Å². The van der Waals surface area contributed by atoms with Crippen molar-refractivity contribution in [2.24, 2.45) is 0 Å². The third-order valence-corrected chi connectivity index (χ3v) is 2.34. The van der Waals surface area contributed by atoms with E-state index < -0.39 is 5.97 Å². The number of aromatic nitrogens is 1. The van der Waals surface area contributed by atoms with E-state index in [-0.39, 0.29) is 11.5 Å². The minimum absolute atomic E-state index is 0.0269. The van der Waals surface area contributed by atoms with Crippen molar-refractivity contribution in [2.75, 3.05) is 5.32 Å². The molecule has 0 bridgehead atoms. The number of carboxylic acid groups (broad SMARTS) is 1. The van der Waals surface area contributed by atoms with Crippen LogP contribution < -0.4 is 5.32 Å². The number of carbonyl (C=O) groups excluding carboxylic acids is 1. The van der Waals surface area contributed by atoms with Gasteiger partial charge in [-0.1, -0.05) is 0 Å². The molecule has 0 aliphatic heterocycles. The molecule has 1 aromatic heterocycles. The molecule has 2 aromatic rings. The number of benzene rings is 1. The first kappa shape index (κ1) is 11.0. The van der Waals surface area contributed by atoms with E-state index in [1.54, 1.807) is 0 Å². The van der Waals surface area contributed by atoms with Gasteiger partial charge < -0.3 is 15.6 Å². The van der Waals surface area contributed by atoms with Gasteiger partial charge in [-0.3, -0.25) is 4.79 Å². The first-order valence-electron chi connectivity index (χ1n) is 4.84. The Kier molecular flexibility index (Phi) is 2.47. The summed E-state index contributed by atoms with van der Waals surface area (Å²) in [4.78, 5) is 22.0. The maximum absolute atomic E-state index is 11.1. The molecule has 0 unspecified atom stereocenters. The standard InChI is InChI=1S/C11H10N2O4/c1-6(14)12-7-4-9(11(15)16)8-2-3-13(17)10(8)5-7/h2-5,17H,1H3,(H,12,14)(H,15,16). The van der Waals surface area contributed by atoms with E-state index in [0.717, 1.165) is 4.73 Å². The van der Waals surface area contributed by atoms with Crippen molar-refractivity contribution in [2.45, 2.75) is 6.92 Å². The Hall–Kier alpha value is -2.50. The molecule has 0 fully saturated rings. The molecule has 0 radical (unpaired) electrons. The number of hydrogen-bond acceptors (Lipinski definition) is 3. The normalized spacial score (nSPS) is 10.4. The van der Waals surface area contributed by atoms with E-state index in [1.165, 1.54) is 31.3 Å². The lowest BCUT2D eigenvalue weighted by molar-refractivity contribution is -0.114. The Bertz CT molecular complexity index is 615. The fraction of sp³-hybridized carbons (Fsp3) is 0.0909. The van der Waals surface area contributed by atoms with Crippen molar-refractivity contribution in [3.8, 4) is 0 Å². The second-order valence-electron chi connectivity index (χ2n) is 3.60. The zero-order chi connectivity index (χ0) is 12.6. The summed E-state index contributed by atoms with van der Waals surface area (Å²) in [5, 5.41) is 21.4. The van der Waals surface area contributed by atoms with E-state index in [1.807, 2.05) is 0 Å². The van der Waals surface area contributed by atoms with Crippen LogP contribution in [0, 0.1) is 0 Å². The lowest BCUT2D eigenvalue weighted by Gasteiger charge is -2.05. The van der Waals surface area contributed by atoms with Gasteiger partial charge in [0.05, 0.1) is 11.1 Å². The highest BCUT2D eigenvalue weighted by Crippen LogP contribution is 2.24. The van der Waals surface area contributed by atoms with Gasteiger partial charge in [-0.25, -0.2) is 4.79 Å². The number of aromatic carboxylic acids is 1. The van der Waals surface area contributed by atoms with E-state index in [2.05, 4.69) is 5.32 Å². The molecule has 3 N–H and O–H groups in total. The molecule has 0 atom stereocenters. The van der Waals surface area contributed by atoms with Crippen molar-refractivity contribution in [1.82, 2.24) is 4.73 Å². The summed E-state index contributed by atoms with van der Waals surface area (Å²) in [5.74, 6) is -1.43. The molecule has 0 aliphatic carbocycles.